The summed E-state index contributed by atoms with van der Waals surface area (Å²) in [5.41, 5.74) is -1.19. The molecule has 1 rings (SSSR count). The number of Topliss-reactive ketones (excluding diaryl/α,β-unsaturated/α-hetero) is 1. The average Bonchev–Trinajstić information content (AvgIpc) is 2.17. The Balaban J connectivity index is 3.09. The van der Waals surface area contributed by atoms with Gasteiger partial charge in [-0.1, -0.05) is 24.3 Å². The number of carboxylic acid groups (broad SMARTS) is 1. The number of aliphatic carboxylic acids is 1. The van der Waals surface area contributed by atoms with Gasteiger partial charge in [0.15, 0.2) is 11.4 Å². The van der Waals surface area contributed by atoms with Crippen molar-refractivity contribution in [1.82, 2.24) is 0 Å². The van der Waals surface area contributed by atoms with Gasteiger partial charge < -0.3 is 10.2 Å². The molecular formula is C11H12O4. The number of carboxylic acids is 1. The Morgan fingerprint density at radius 1 is 1.20 bits per heavy atom. The van der Waals surface area contributed by atoms with Crippen molar-refractivity contribution in [2.75, 3.05) is 0 Å². The van der Waals surface area contributed by atoms with Crippen molar-refractivity contribution in [2.24, 2.45) is 0 Å². The zero-order valence-corrected chi connectivity index (χ0v) is 8.52. The summed E-state index contributed by atoms with van der Waals surface area (Å²) in [6.45, 7) is 2.61. The monoisotopic (exact) mass is 208 g/mol. The van der Waals surface area contributed by atoms with Crippen LogP contribution < -0.4 is 0 Å². The van der Waals surface area contributed by atoms with Crippen LogP contribution in [0, 0.1) is 0 Å². The van der Waals surface area contributed by atoms with Gasteiger partial charge in [0, 0.05) is 5.56 Å². The number of ketones is 1. The summed E-state index contributed by atoms with van der Waals surface area (Å²) < 4.78 is 0. The molecule has 1 aromatic carbocycles. The molecule has 0 saturated carbocycles. The minimum atomic E-state index is -1.92. The van der Waals surface area contributed by atoms with Crippen molar-refractivity contribution in [3.05, 3.63) is 35.4 Å². The molecule has 0 aliphatic rings. The highest BCUT2D eigenvalue weighted by Gasteiger charge is 2.31. The Kier molecular flexibility index (Phi) is 2.90. The highest BCUT2D eigenvalue weighted by molar-refractivity contribution is 5.94. The van der Waals surface area contributed by atoms with Crippen LogP contribution >= 0.6 is 0 Å². The molecule has 0 heterocycles. The molecule has 4 nitrogen and oxygen atoms in total. The Morgan fingerprint density at radius 3 is 2.00 bits per heavy atom. The van der Waals surface area contributed by atoms with Crippen LogP contribution in [0.3, 0.4) is 0 Å². The fourth-order valence-corrected chi connectivity index (χ4v) is 1.15. The lowest BCUT2D eigenvalue weighted by molar-refractivity contribution is -0.157. The fourth-order valence-electron chi connectivity index (χ4n) is 1.15. The van der Waals surface area contributed by atoms with Crippen molar-refractivity contribution in [3.63, 3.8) is 0 Å². The summed E-state index contributed by atoms with van der Waals surface area (Å²) in [4.78, 5) is 21.7. The molecule has 1 aromatic rings. The van der Waals surface area contributed by atoms with Gasteiger partial charge in [-0.25, -0.2) is 4.79 Å². The topological polar surface area (TPSA) is 74.6 Å². The van der Waals surface area contributed by atoms with Crippen LogP contribution in [0.1, 0.15) is 29.8 Å². The molecule has 0 spiro atoms. The molecule has 4 heteroatoms. The van der Waals surface area contributed by atoms with E-state index in [0.717, 1.165) is 0 Å². The molecule has 1 atom stereocenters. The number of aliphatic hydroxyl groups is 1. The maximum atomic E-state index is 11.0. The predicted molar refractivity (Wildman–Crippen MR) is 53.7 cm³/mol. The Bertz CT molecular complexity index is 390. The number of hydrogen-bond acceptors (Lipinski definition) is 3. The van der Waals surface area contributed by atoms with E-state index in [4.69, 9.17) is 5.11 Å². The molecule has 0 aliphatic carbocycles. The lowest BCUT2D eigenvalue weighted by atomic mass is 9.95. The normalized spacial score (nSPS) is 14.3. The molecule has 0 radical (unpaired) electrons. The second-order valence-electron chi connectivity index (χ2n) is 3.51. The van der Waals surface area contributed by atoms with Crippen LogP contribution in [-0.2, 0) is 10.4 Å². The van der Waals surface area contributed by atoms with Crippen molar-refractivity contribution in [1.29, 1.82) is 0 Å². The van der Waals surface area contributed by atoms with Crippen molar-refractivity contribution in [2.45, 2.75) is 19.4 Å². The molecule has 0 bridgehead atoms. The summed E-state index contributed by atoms with van der Waals surface area (Å²) in [6, 6.07) is 5.86. The smallest absolute Gasteiger partial charge is 0.340 e. The summed E-state index contributed by atoms with van der Waals surface area (Å²) in [5.74, 6) is -1.42. The van der Waals surface area contributed by atoms with Crippen LogP contribution in [-0.4, -0.2) is 22.0 Å². The average molecular weight is 208 g/mol. The maximum absolute atomic E-state index is 11.0. The third kappa shape index (κ3) is 2.22. The molecule has 0 aromatic heterocycles. The van der Waals surface area contributed by atoms with E-state index < -0.39 is 11.6 Å². The zero-order valence-electron chi connectivity index (χ0n) is 8.52. The van der Waals surface area contributed by atoms with E-state index in [-0.39, 0.29) is 11.3 Å². The molecule has 1 unspecified atom stereocenters. The molecule has 0 aliphatic heterocycles. The van der Waals surface area contributed by atoms with E-state index >= 15 is 0 Å². The number of benzene rings is 1. The van der Waals surface area contributed by atoms with Gasteiger partial charge >= 0.3 is 5.97 Å². The molecule has 0 amide bonds. The maximum Gasteiger partial charge on any atom is 0.340 e. The van der Waals surface area contributed by atoms with E-state index in [1.54, 1.807) is 0 Å². The molecule has 80 valence electrons. The Hall–Kier alpha value is -1.68. The van der Waals surface area contributed by atoms with Gasteiger partial charge in [-0.05, 0) is 19.4 Å². The molecular weight excluding hydrogens is 196 g/mol. The number of carbonyl (C=O) groups is 2. The van der Waals surface area contributed by atoms with Crippen molar-refractivity contribution in [3.8, 4) is 0 Å². The van der Waals surface area contributed by atoms with Gasteiger partial charge in [-0.3, -0.25) is 4.79 Å². The van der Waals surface area contributed by atoms with E-state index in [1.807, 2.05) is 0 Å². The first-order chi connectivity index (χ1) is 6.85. The minimum Gasteiger partial charge on any atom is -0.479 e. The predicted octanol–water partition coefficient (Wildman–Crippen LogP) is 1.18. The SMILES string of the molecule is CC(=O)c1ccc(C(C)(O)C(=O)O)cc1. The van der Waals surface area contributed by atoms with Crippen LogP contribution in [0.25, 0.3) is 0 Å². The minimum absolute atomic E-state index is 0.100. The summed E-state index contributed by atoms with van der Waals surface area (Å²) in [6.07, 6.45) is 0. The van der Waals surface area contributed by atoms with E-state index in [0.29, 0.717) is 5.56 Å². The van der Waals surface area contributed by atoms with E-state index in [9.17, 15) is 14.7 Å². The second kappa shape index (κ2) is 3.82. The lowest BCUT2D eigenvalue weighted by Gasteiger charge is -2.18. The Labute approximate surface area is 87.2 Å². The van der Waals surface area contributed by atoms with Gasteiger partial charge in [0.25, 0.3) is 0 Å². The standard InChI is InChI=1S/C11H12O4/c1-7(12)8-3-5-9(6-4-8)11(2,15)10(13)14/h3-6,15H,1-2H3,(H,13,14). The third-order valence-corrected chi connectivity index (χ3v) is 2.27. The Morgan fingerprint density at radius 2 is 1.67 bits per heavy atom. The summed E-state index contributed by atoms with van der Waals surface area (Å²) in [5, 5.41) is 18.4. The first-order valence-electron chi connectivity index (χ1n) is 4.43. The molecule has 0 fully saturated rings. The third-order valence-electron chi connectivity index (χ3n) is 2.27. The number of rotatable bonds is 3. The van der Waals surface area contributed by atoms with Crippen LogP contribution in [0.2, 0.25) is 0 Å². The number of hydrogen-bond donors (Lipinski definition) is 2. The van der Waals surface area contributed by atoms with Crippen molar-refractivity contribution < 1.29 is 19.8 Å². The first-order valence-corrected chi connectivity index (χ1v) is 4.43. The van der Waals surface area contributed by atoms with Gasteiger partial charge in [0.05, 0.1) is 0 Å². The molecule has 2 N–H and O–H groups in total. The first kappa shape index (κ1) is 11.4. The largest absolute Gasteiger partial charge is 0.479 e. The van der Waals surface area contributed by atoms with Gasteiger partial charge in [0.1, 0.15) is 0 Å². The quantitative estimate of drug-likeness (QED) is 0.731. The summed E-state index contributed by atoms with van der Waals surface area (Å²) >= 11 is 0. The molecule has 0 saturated heterocycles. The van der Waals surface area contributed by atoms with Crippen molar-refractivity contribution >= 4 is 11.8 Å². The summed E-state index contributed by atoms with van der Waals surface area (Å²) in [7, 11) is 0. The fraction of sp³-hybridized carbons (Fsp3) is 0.273. The van der Waals surface area contributed by atoms with Crippen LogP contribution in [0.15, 0.2) is 24.3 Å². The highest BCUT2D eigenvalue weighted by Crippen LogP contribution is 2.21. The van der Waals surface area contributed by atoms with E-state index in [1.165, 1.54) is 38.1 Å². The van der Waals surface area contributed by atoms with Crippen LogP contribution in [0.5, 0.6) is 0 Å². The lowest BCUT2D eigenvalue weighted by Crippen LogP contribution is -2.31. The second-order valence-corrected chi connectivity index (χ2v) is 3.51. The molecule has 15 heavy (non-hydrogen) atoms. The zero-order chi connectivity index (χ0) is 11.6. The number of carbonyl (C=O) groups excluding carboxylic acids is 1. The van der Waals surface area contributed by atoms with Gasteiger partial charge in [0.2, 0.25) is 0 Å². The van der Waals surface area contributed by atoms with Gasteiger partial charge in [-0.15, -0.1) is 0 Å². The van der Waals surface area contributed by atoms with Gasteiger partial charge in [-0.2, -0.15) is 0 Å². The van der Waals surface area contributed by atoms with E-state index in [2.05, 4.69) is 0 Å². The van der Waals surface area contributed by atoms with Crippen LogP contribution in [0.4, 0.5) is 0 Å². The highest BCUT2D eigenvalue weighted by atomic mass is 16.4.